The fourth-order valence-electron chi connectivity index (χ4n) is 4.51. The van der Waals surface area contributed by atoms with Crippen molar-refractivity contribution in [3.8, 4) is 0 Å². The van der Waals surface area contributed by atoms with Gasteiger partial charge in [0.05, 0.1) is 24.6 Å². The van der Waals surface area contributed by atoms with E-state index in [1.807, 2.05) is 11.8 Å². The van der Waals surface area contributed by atoms with Crippen molar-refractivity contribution in [2.45, 2.75) is 76.8 Å². The van der Waals surface area contributed by atoms with Gasteiger partial charge in [0.15, 0.2) is 0 Å². The molecule has 0 spiro atoms. The first-order valence-electron chi connectivity index (χ1n) is 10.3. The van der Waals surface area contributed by atoms with Gasteiger partial charge in [0, 0.05) is 6.54 Å². The number of likely N-dealkylation sites (tertiary alicyclic amines) is 1. The molecule has 1 atom stereocenters. The molecule has 0 radical (unpaired) electrons. The van der Waals surface area contributed by atoms with Crippen molar-refractivity contribution in [3.63, 3.8) is 0 Å². The van der Waals surface area contributed by atoms with E-state index in [4.69, 9.17) is 4.74 Å². The standard InChI is InChI=1S/C22H32N2O3/c1-3-27-20(25)16-22(13-5-4-6-14-22)23-21(26)24-15-7-8-19(24)18-11-9-17(2)10-12-18/h9-12,19H,3-8,13-16H2,1-2H3,(H,23,26)/t19-/m1/s1. The Bertz CT molecular complexity index is 650. The normalized spacial score (nSPS) is 21.7. The maximum atomic E-state index is 13.2. The molecule has 27 heavy (non-hydrogen) atoms. The van der Waals surface area contributed by atoms with Gasteiger partial charge in [-0.15, -0.1) is 0 Å². The first-order valence-corrected chi connectivity index (χ1v) is 10.3. The summed E-state index contributed by atoms with van der Waals surface area (Å²) in [5.41, 5.74) is 1.96. The van der Waals surface area contributed by atoms with Crippen LogP contribution in [-0.2, 0) is 9.53 Å². The van der Waals surface area contributed by atoms with Crippen molar-refractivity contribution in [1.82, 2.24) is 10.2 Å². The lowest BCUT2D eigenvalue weighted by Gasteiger charge is -2.39. The van der Waals surface area contributed by atoms with Crippen LogP contribution in [0.2, 0.25) is 0 Å². The fraction of sp³-hybridized carbons (Fsp3) is 0.636. The largest absolute Gasteiger partial charge is 0.466 e. The van der Waals surface area contributed by atoms with E-state index in [0.717, 1.165) is 51.5 Å². The van der Waals surface area contributed by atoms with Crippen LogP contribution in [0.4, 0.5) is 4.79 Å². The molecule has 3 rings (SSSR count). The van der Waals surface area contributed by atoms with E-state index in [2.05, 4.69) is 36.5 Å². The number of nitrogens with zero attached hydrogens (tertiary/aromatic N) is 1. The van der Waals surface area contributed by atoms with Gasteiger partial charge >= 0.3 is 12.0 Å². The minimum absolute atomic E-state index is 0.0377. The van der Waals surface area contributed by atoms with Gasteiger partial charge in [0.2, 0.25) is 0 Å². The average Bonchev–Trinajstić information content (AvgIpc) is 3.13. The summed E-state index contributed by atoms with van der Waals surface area (Å²) in [7, 11) is 0. The van der Waals surface area contributed by atoms with Crippen LogP contribution in [0.15, 0.2) is 24.3 Å². The van der Waals surface area contributed by atoms with Crippen molar-refractivity contribution >= 4 is 12.0 Å². The van der Waals surface area contributed by atoms with Gasteiger partial charge in [-0.25, -0.2) is 4.79 Å². The third-order valence-corrected chi connectivity index (χ3v) is 5.95. The molecular weight excluding hydrogens is 340 g/mol. The number of hydrogen-bond donors (Lipinski definition) is 1. The number of hydrogen-bond acceptors (Lipinski definition) is 3. The van der Waals surface area contributed by atoms with E-state index in [0.29, 0.717) is 6.61 Å². The lowest BCUT2D eigenvalue weighted by molar-refractivity contribution is -0.145. The molecule has 2 aliphatic rings. The maximum Gasteiger partial charge on any atom is 0.318 e. The second-order valence-electron chi connectivity index (χ2n) is 8.02. The van der Waals surface area contributed by atoms with E-state index in [1.165, 1.54) is 11.1 Å². The van der Waals surface area contributed by atoms with Crippen LogP contribution in [0.1, 0.15) is 75.5 Å². The number of aryl methyl sites for hydroxylation is 1. The van der Waals surface area contributed by atoms with Gasteiger partial charge in [-0.2, -0.15) is 0 Å². The van der Waals surface area contributed by atoms with Crippen LogP contribution in [-0.4, -0.2) is 35.6 Å². The number of benzene rings is 1. The fourth-order valence-corrected chi connectivity index (χ4v) is 4.51. The molecule has 0 unspecified atom stereocenters. The molecule has 1 aliphatic carbocycles. The number of urea groups is 1. The summed E-state index contributed by atoms with van der Waals surface area (Å²) in [6.07, 6.45) is 7.22. The zero-order chi connectivity index (χ0) is 19.3. The highest BCUT2D eigenvalue weighted by Crippen LogP contribution is 2.35. The summed E-state index contributed by atoms with van der Waals surface area (Å²) in [5, 5.41) is 3.26. The van der Waals surface area contributed by atoms with Crippen LogP contribution in [0.3, 0.4) is 0 Å². The molecule has 5 heteroatoms. The Labute approximate surface area is 162 Å². The number of esters is 1. The second-order valence-corrected chi connectivity index (χ2v) is 8.02. The zero-order valence-electron chi connectivity index (χ0n) is 16.6. The lowest BCUT2D eigenvalue weighted by atomic mass is 9.79. The predicted octanol–water partition coefficient (Wildman–Crippen LogP) is 4.50. The Morgan fingerprint density at radius 2 is 1.85 bits per heavy atom. The number of amides is 2. The molecule has 148 valence electrons. The number of ether oxygens (including phenoxy) is 1. The molecule has 1 heterocycles. The summed E-state index contributed by atoms with van der Waals surface area (Å²) in [5.74, 6) is -0.212. The molecule has 1 saturated heterocycles. The predicted molar refractivity (Wildman–Crippen MR) is 105 cm³/mol. The summed E-state index contributed by atoms with van der Waals surface area (Å²) in [4.78, 5) is 27.3. The Balaban J connectivity index is 1.72. The molecule has 2 amide bonds. The van der Waals surface area contributed by atoms with E-state index in [1.54, 1.807) is 0 Å². The van der Waals surface area contributed by atoms with Crippen LogP contribution < -0.4 is 5.32 Å². The molecule has 2 fully saturated rings. The van der Waals surface area contributed by atoms with Gasteiger partial charge in [-0.1, -0.05) is 49.1 Å². The van der Waals surface area contributed by atoms with Crippen LogP contribution >= 0.6 is 0 Å². The number of carbonyl (C=O) groups is 2. The Kier molecular flexibility index (Phi) is 6.40. The van der Waals surface area contributed by atoms with Gasteiger partial charge in [0.1, 0.15) is 0 Å². The number of rotatable bonds is 5. The average molecular weight is 373 g/mol. The van der Waals surface area contributed by atoms with Crippen LogP contribution in [0.5, 0.6) is 0 Å². The quantitative estimate of drug-likeness (QED) is 0.774. The third kappa shape index (κ3) is 4.82. The lowest BCUT2D eigenvalue weighted by Crippen LogP contribution is -2.55. The highest BCUT2D eigenvalue weighted by atomic mass is 16.5. The minimum atomic E-state index is -0.456. The van der Waals surface area contributed by atoms with Crippen molar-refractivity contribution < 1.29 is 14.3 Å². The SMILES string of the molecule is CCOC(=O)CC1(NC(=O)N2CCC[C@@H]2c2ccc(C)cc2)CCCCC1. The topological polar surface area (TPSA) is 58.6 Å². The third-order valence-electron chi connectivity index (χ3n) is 5.95. The molecular formula is C22H32N2O3. The highest BCUT2D eigenvalue weighted by Gasteiger charge is 2.39. The monoisotopic (exact) mass is 372 g/mol. The van der Waals surface area contributed by atoms with Crippen LogP contribution in [0.25, 0.3) is 0 Å². The number of nitrogens with one attached hydrogen (secondary N) is 1. The molecule has 5 nitrogen and oxygen atoms in total. The Morgan fingerprint density at radius 1 is 1.15 bits per heavy atom. The van der Waals surface area contributed by atoms with E-state index >= 15 is 0 Å². The van der Waals surface area contributed by atoms with Gasteiger partial charge in [0.25, 0.3) is 0 Å². The summed E-state index contributed by atoms with van der Waals surface area (Å²) in [6.45, 7) is 5.04. The summed E-state index contributed by atoms with van der Waals surface area (Å²) >= 11 is 0. The molecule has 1 N–H and O–H groups in total. The van der Waals surface area contributed by atoms with E-state index in [-0.39, 0.29) is 24.5 Å². The maximum absolute atomic E-state index is 13.2. The van der Waals surface area contributed by atoms with Gasteiger partial charge in [-0.05, 0) is 45.1 Å². The molecule has 1 aliphatic heterocycles. The van der Waals surface area contributed by atoms with Crippen molar-refractivity contribution in [3.05, 3.63) is 35.4 Å². The Morgan fingerprint density at radius 3 is 2.52 bits per heavy atom. The Hall–Kier alpha value is -2.04. The molecule has 1 aromatic rings. The first kappa shape index (κ1) is 19.7. The molecule has 0 bridgehead atoms. The van der Waals surface area contributed by atoms with Crippen molar-refractivity contribution in [2.75, 3.05) is 13.2 Å². The smallest absolute Gasteiger partial charge is 0.318 e. The summed E-state index contributed by atoms with van der Waals surface area (Å²) < 4.78 is 5.17. The van der Waals surface area contributed by atoms with Crippen LogP contribution in [0, 0.1) is 6.92 Å². The zero-order valence-corrected chi connectivity index (χ0v) is 16.6. The molecule has 1 saturated carbocycles. The van der Waals surface area contributed by atoms with Gasteiger partial charge in [-0.3, -0.25) is 4.79 Å². The second kappa shape index (κ2) is 8.77. The highest BCUT2D eigenvalue weighted by molar-refractivity contribution is 5.78. The molecule has 1 aromatic carbocycles. The summed E-state index contributed by atoms with van der Waals surface area (Å²) in [6, 6.07) is 8.54. The minimum Gasteiger partial charge on any atom is -0.466 e. The molecule has 0 aromatic heterocycles. The van der Waals surface area contributed by atoms with Crippen molar-refractivity contribution in [1.29, 1.82) is 0 Å². The van der Waals surface area contributed by atoms with Gasteiger partial charge < -0.3 is 15.0 Å². The first-order chi connectivity index (χ1) is 13.0. The van der Waals surface area contributed by atoms with E-state index in [9.17, 15) is 9.59 Å². The van der Waals surface area contributed by atoms with E-state index < -0.39 is 5.54 Å². The number of carbonyl (C=O) groups excluding carboxylic acids is 2. The van der Waals surface area contributed by atoms with Crippen molar-refractivity contribution in [2.24, 2.45) is 0 Å².